The Bertz CT molecular complexity index is 1690. The molecule has 2 aromatic rings. The van der Waals surface area contributed by atoms with Gasteiger partial charge < -0.3 is 50.9 Å². The highest BCUT2D eigenvalue weighted by molar-refractivity contribution is 7.61. The van der Waals surface area contributed by atoms with E-state index in [-0.39, 0.29) is 48.7 Å². The van der Waals surface area contributed by atoms with Gasteiger partial charge in [0.25, 0.3) is 0 Å². The molecule has 281 valence electrons. The Kier molecular flexibility index (Phi) is 13.9. The molecule has 3 heterocycles. The van der Waals surface area contributed by atoms with Crippen molar-refractivity contribution in [3.8, 4) is 0 Å². The zero-order valence-corrected chi connectivity index (χ0v) is 29.1. The molecule has 1 aliphatic heterocycles. The number of anilines is 1. The number of carbonyl (C=O) groups excluding carboxylic acids is 3. The molecule has 0 spiro atoms. The highest BCUT2D eigenvalue weighted by Crippen LogP contribution is 2.61. The molecule has 27 heteroatoms. The number of aliphatic hydroxyl groups is 2. The van der Waals surface area contributed by atoms with Crippen molar-refractivity contribution in [3.63, 3.8) is 0 Å². The van der Waals surface area contributed by atoms with Crippen LogP contribution in [-0.2, 0) is 50.7 Å². The van der Waals surface area contributed by atoms with Crippen LogP contribution in [0.5, 0.6) is 0 Å². The van der Waals surface area contributed by atoms with E-state index < -0.39 is 84.6 Å². The third kappa shape index (κ3) is 11.9. The van der Waals surface area contributed by atoms with E-state index in [1.807, 2.05) is 0 Å². The number of rotatable bonds is 19. The van der Waals surface area contributed by atoms with Crippen molar-refractivity contribution in [2.75, 3.05) is 32.0 Å². The molecule has 2 aromatic heterocycles. The summed E-state index contributed by atoms with van der Waals surface area (Å²) >= 11 is 0. The summed E-state index contributed by atoms with van der Waals surface area (Å²) in [5, 5.41) is 26.0. The van der Waals surface area contributed by atoms with E-state index in [1.165, 1.54) is 13.8 Å². The molecule has 0 bridgehead atoms. The van der Waals surface area contributed by atoms with Gasteiger partial charge >= 0.3 is 23.5 Å². The number of hydrogen-bond donors (Lipinski definition) is 9. The highest BCUT2D eigenvalue weighted by Gasteiger charge is 2.50. The average molecular weight is 777 g/mol. The fraction of sp³-hybridized carbons (Fsp3) is 0.609. The molecule has 1 saturated heterocycles. The van der Waals surface area contributed by atoms with Crippen LogP contribution in [-0.4, -0.2) is 118 Å². The third-order valence-electron chi connectivity index (χ3n) is 6.80. The first kappa shape index (κ1) is 41.6. The molecule has 0 saturated carbocycles. The van der Waals surface area contributed by atoms with E-state index in [2.05, 4.69) is 41.3 Å². The Hall–Kier alpha value is -2.79. The predicted octanol–water partition coefficient (Wildman–Crippen LogP) is -1.80. The number of phosphoric acid groups is 3. The van der Waals surface area contributed by atoms with Crippen LogP contribution in [0.15, 0.2) is 12.7 Å². The van der Waals surface area contributed by atoms with Gasteiger partial charge in [-0.05, 0) is 0 Å². The number of carbonyl (C=O) groups is 3. The van der Waals surface area contributed by atoms with Gasteiger partial charge in [-0.25, -0.2) is 28.6 Å². The van der Waals surface area contributed by atoms with E-state index in [0.29, 0.717) is 0 Å². The molecule has 10 N–H and O–H groups in total. The summed E-state index contributed by atoms with van der Waals surface area (Å²) in [6.07, 6.45) is -6.93. The zero-order valence-electron chi connectivity index (χ0n) is 26.4. The van der Waals surface area contributed by atoms with Crippen molar-refractivity contribution in [1.29, 1.82) is 0 Å². The average Bonchev–Trinajstić information content (AvgIpc) is 3.54. The maximum Gasteiger partial charge on any atom is 0.481 e. The largest absolute Gasteiger partial charge is 0.481 e. The van der Waals surface area contributed by atoms with Gasteiger partial charge in [-0.2, -0.15) is 4.31 Å². The van der Waals surface area contributed by atoms with Crippen LogP contribution in [0.4, 0.5) is 5.82 Å². The number of nitrogens with one attached hydrogen (secondary N) is 2. The van der Waals surface area contributed by atoms with Gasteiger partial charge in [0.1, 0.15) is 42.0 Å². The first-order valence-electron chi connectivity index (χ1n) is 14.3. The molecule has 0 aromatic carbocycles. The van der Waals surface area contributed by atoms with E-state index in [0.717, 1.165) is 17.2 Å². The molecule has 1 aliphatic rings. The molecule has 3 rings (SSSR count). The van der Waals surface area contributed by atoms with Crippen LogP contribution in [0.2, 0.25) is 0 Å². The summed E-state index contributed by atoms with van der Waals surface area (Å²) in [5.41, 5.74) is 4.24. The van der Waals surface area contributed by atoms with Crippen molar-refractivity contribution in [2.24, 2.45) is 5.41 Å². The Labute approximate surface area is 283 Å². The quantitative estimate of drug-likeness (QED) is 0.0710. The Morgan fingerprint density at radius 2 is 1.70 bits per heavy atom. The minimum absolute atomic E-state index is 0.0212. The summed E-state index contributed by atoms with van der Waals surface area (Å²) in [6.45, 7) is 3.45. The minimum Gasteiger partial charge on any atom is -0.386 e. The standard InChI is InChI=1S/C23H37N7O17P3/c1-12(31)4-6-25-14(32)5-7-26-21(35)18(34)23(2,3)9-44-50(41,42)47-49(39,40)43-8-13-17(46-48(36,37)38)16(33)22(45-13)30-11-29-15-19(24)27-10-28-20(15)30/h10-11,13,16-18,22,33-34H,1,4-9H2,2-3H3,(H,25,32)(H,26,35)(H,39,40)(H,41,42)(H2,24,27,28)(H2,36,37,38). The Morgan fingerprint density at radius 1 is 1.06 bits per heavy atom. The SMILES string of the molecule is [CH2]C(=O)CCNC(=O)CCNC(=O)C(O)C(C)(C)COP(=O)(O)OP(=O)(O)OCC1OC(n2cnc3c(N)ncnc32)C(O)C1OP(=O)(O)O. The summed E-state index contributed by atoms with van der Waals surface area (Å²) in [6, 6.07) is 0. The number of Topliss-reactive ketones (excluding diaryl/α,β-unsaturated/α-hetero) is 1. The number of amides is 2. The number of hydrogen-bond acceptors (Lipinski definition) is 17. The van der Waals surface area contributed by atoms with Crippen LogP contribution >= 0.6 is 23.5 Å². The number of ketones is 1. The smallest absolute Gasteiger partial charge is 0.386 e. The maximum atomic E-state index is 12.6. The Balaban J connectivity index is 1.57. The minimum atomic E-state index is -5.56. The lowest BCUT2D eigenvalue weighted by molar-refractivity contribution is -0.137. The van der Waals surface area contributed by atoms with E-state index in [4.69, 9.17) is 19.5 Å². The topological polar surface area (TPSA) is 364 Å². The second kappa shape index (κ2) is 16.7. The number of nitrogen functional groups attached to an aromatic ring is 1. The van der Waals surface area contributed by atoms with Crippen molar-refractivity contribution >= 4 is 58.0 Å². The highest BCUT2D eigenvalue weighted by atomic mass is 31.3. The predicted molar refractivity (Wildman–Crippen MR) is 165 cm³/mol. The van der Waals surface area contributed by atoms with Crippen LogP contribution in [0.3, 0.4) is 0 Å². The number of nitrogens with zero attached hydrogens (tertiary/aromatic N) is 4. The summed E-state index contributed by atoms with van der Waals surface area (Å²) in [7, 11) is -16.4. The number of aliphatic hydroxyl groups excluding tert-OH is 2. The number of nitrogens with two attached hydrogens (primary N) is 1. The normalized spacial score (nSPS) is 22.8. The lowest BCUT2D eigenvalue weighted by atomic mass is 9.87. The van der Waals surface area contributed by atoms with Gasteiger partial charge in [0.2, 0.25) is 11.8 Å². The van der Waals surface area contributed by atoms with E-state index in [1.54, 1.807) is 0 Å². The molecule has 24 nitrogen and oxygen atoms in total. The van der Waals surface area contributed by atoms with Crippen LogP contribution in [0.1, 0.15) is 32.9 Å². The number of phosphoric ester groups is 3. The fourth-order valence-corrected chi connectivity index (χ4v) is 7.11. The van der Waals surface area contributed by atoms with Crippen LogP contribution in [0.25, 0.3) is 11.2 Å². The first-order valence-corrected chi connectivity index (χ1v) is 18.8. The van der Waals surface area contributed by atoms with Crippen LogP contribution < -0.4 is 16.4 Å². The van der Waals surface area contributed by atoms with Gasteiger partial charge in [-0.1, -0.05) is 13.8 Å². The lowest BCUT2D eigenvalue weighted by Gasteiger charge is -2.30. The molecule has 1 fully saturated rings. The van der Waals surface area contributed by atoms with Gasteiger partial charge in [-0.3, -0.25) is 32.5 Å². The molecular formula is C23H37N7O17P3. The summed E-state index contributed by atoms with van der Waals surface area (Å²) < 4.78 is 61.7. The molecule has 50 heavy (non-hydrogen) atoms. The number of imidazole rings is 1. The van der Waals surface area contributed by atoms with E-state index >= 15 is 0 Å². The van der Waals surface area contributed by atoms with Crippen molar-refractivity contribution < 1.29 is 80.5 Å². The van der Waals surface area contributed by atoms with Gasteiger partial charge in [0.05, 0.1) is 19.5 Å². The molecule has 7 unspecified atom stereocenters. The van der Waals surface area contributed by atoms with Gasteiger partial charge in [-0.15, -0.1) is 0 Å². The zero-order chi connectivity index (χ0) is 37.7. The van der Waals surface area contributed by atoms with Gasteiger partial charge in [0.15, 0.2) is 17.7 Å². The lowest BCUT2D eigenvalue weighted by Crippen LogP contribution is -2.46. The van der Waals surface area contributed by atoms with Crippen molar-refractivity contribution in [3.05, 3.63) is 19.6 Å². The van der Waals surface area contributed by atoms with E-state index in [9.17, 15) is 57.9 Å². The fourth-order valence-electron chi connectivity index (χ4n) is 4.28. The summed E-state index contributed by atoms with van der Waals surface area (Å²) in [4.78, 5) is 85.6. The maximum absolute atomic E-state index is 12.6. The van der Waals surface area contributed by atoms with Crippen molar-refractivity contribution in [2.45, 2.75) is 57.3 Å². The second-order valence-electron chi connectivity index (χ2n) is 11.4. The molecular weight excluding hydrogens is 739 g/mol. The number of fused-ring (bicyclic) bond motifs is 1. The first-order chi connectivity index (χ1) is 23.0. The molecule has 7 atom stereocenters. The molecule has 0 aliphatic carbocycles. The monoisotopic (exact) mass is 776 g/mol. The Morgan fingerprint density at radius 3 is 2.34 bits per heavy atom. The molecule has 1 radical (unpaired) electrons. The number of ether oxygens (including phenoxy) is 1. The molecule has 2 amide bonds. The van der Waals surface area contributed by atoms with Gasteiger partial charge in [0, 0.05) is 38.3 Å². The number of aromatic nitrogens is 4. The third-order valence-corrected chi connectivity index (χ3v) is 9.90. The van der Waals surface area contributed by atoms with Crippen LogP contribution in [0, 0.1) is 12.3 Å². The summed E-state index contributed by atoms with van der Waals surface area (Å²) in [5.74, 6) is -1.91. The second-order valence-corrected chi connectivity index (χ2v) is 15.6. The van der Waals surface area contributed by atoms with Crippen molar-refractivity contribution in [1.82, 2.24) is 30.2 Å².